The number of carbonyl (C=O) groups excluding carboxylic acids is 3. The molecule has 3 rings (SSSR count). The number of amides is 2. The van der Waals surface area contributed by atoms with Crippen LogP contribution in [0.5, 0.6) is 0 Å². The van der Waals surface area contributed by atoms with E-state index in [-0.39, 0.29) is 23.0 Å². The zero-order valence-electron chi connectivity index (χ0n) is 14.5. The van der Waals surface area contributed by atoms with Gasteiger partial charge in [0.2, 0.25) is 0 Å². The van der Waals surface area contributed by atoms with Crippen LogP contribution in [-0.4, -0.2) is 27.4 Å². The van der Waals surface area contributed by atoms with Crippen molar-refractivity contribution in [3.8, 4) is 0 Å². The monoisotopic (exact) mass is 354 g/mol. The van der Waals surface area contributed by atoms with Gasteiger partial charge in [-0.1, -0.05) is 17.2 Å². The Labute approximate surface area is 149 Å². The summed E-state index contributed by atoms with van der Waals surface area (Å²) >= 11 is 0. The Morgan fingerprint density at radius 1 is 0.962 bits per heavy atom. The number of hydrogen-bond donors (Lipinski definition) is 0. The summed E-state index contributed by atoms with van der Waals surface area (Å²) in [5.41, 5.74) is 2.02. The van der Waals surface area contributed by atoms with E-state index in [0.29, 0.717) is 18.0 Å². The van der Waals surface area contributed by atoms with Crippen molar-refractivity contribution < 1.29 is 19.2 Å². The average molecular weight is 354 g/mol. The van der Waals surface area contributed by atoms with Gasteiger partial charge < -0.3 is 9.40 Å². The summed E-state index contributed by atoms with van der Waals surface area (Å²) in [6.07, 6.45) is 0.491. The van der Waals surface area contributed by atoms with E-state index in [1.807, 2.05) is 18.4 Å². The maximum Gasteiger partial charge on any atom is 0.333 e. The van der Waals surface area contributed by atoms with Crippen molar-refractivity contribution >= 4 is 17.8 Å². The first-order valence-electron chi connectivity index (χ1n) is 8.25. The lowest BCUT2D eigenvalue weighted by Crippen LogP contribution is -2.32. The molecule has 0 aliphatic carbocycles. The molecule has 2 heterocycles. The molecule has 0 unspecified atom stereocenters. The molecule has 7 nitrogen and oxygen atoms in total. The van der Waals surface area contributed by atoms with Crippen molar-refractivity contribution in [1.82, 2.24) is 9.63 Å². The third-order valence-electron chi connectivity index (χ3n) is 4.27. The highest BCUT2D eigenvalue weighted by Gasteiger charge is 2.38. The third kappa shape index (κ3) is 3.28. The molecule has 134 valence electrons. The number of nitrogens with zero attached hydrogens (tertiary/aromatic N) is 2. The summed E-state index contributed by atoms with van der Waals surface area (Å²) in [6, 6.07) is 9.39. The Bertz CT molecular complexity index is 899. The van der Waals surface area contributed by atoms with Crippen LogP contribution < -0.4 is 5.43 Å². The minimum Gasteiger partial charge on any atom is -0.349 e. The van der Waals surface area contributed by atoms with E-state index in [9.17, 15) is 19.2 Å². The standard InChI is InChI=1S/C19H18N2O5/c1-12-10-14(22)11-13(2)20(12)9-5-8-17(23)26-21-18(24)15-6-3-4-7-16(15)19(21)25/h3-4,6-7,10-11H,5,8-9H2,1-2H3. The van der Waals surface area contributed by atoms with Crippen molar-refractivity contribution in [2.45, 2.75) is 33.2 Å². The Kier molecular flexibility index (Phi) is 4.71. The molecule has 26 heavy (non-hydrogen) atoms. The van der Waals surface area contributed by atoms with Crippen LogP contribution in [0.3, 0.4) is 0 Å². The first-order chi connectivity index (χ1) is 12.4. The van der Waals surface area contributed by atoms with Crippen molar-refractivity contribution in [3.63, 3.8) is 0 Å². The number of rotatable bonds is 5. The van der Waals surface area contributed by atoms with Gasteiger partial charge >= 0.3 is 5.97 Å². The summed E-state index contributed by atoms with van der Waals surface area (Å²) in [7, 11) is 0. The first-order valence-corrected chi connectivity index (χ1v) is 8.25. The second kappa shape index (κ2) is 6.95. The van der Waals surface area contributed by atoms with E-state index in [2.05, 4.69) is 0 Å². The molecule has 1 aliphatic rings. The second-order valence-corrected chi connectivity index (χ2v) is 6.14. The van der Waals surface area contributed by atoms with E-state index in [0.717, 1.165) is 11.4 Å². The number of aryl methyl sites for hydroxylation is 2. The molecule has 1 aromatic heterocycles. The number of benzene rings is 1. The molecular weight excluding hydrogens is 336 g/mol. The molecule has 1 aliphatic heterocycles. The normalized spacial score (nSPS) is 13.1. The smallest absolute Gasteiger partial charge is 0.333 e. The van der Waals surface area contributed by atoms with Gasteiger partial charge in [-0.3, -0.25) is 14.4 Å². The number of pyridine rings is 1. The molecule has 1 aromatic carbocycles. The second-order valence-electron chi connectivity index (χ2n) is 6.14. The fraction of sp³-hybridized carbons (Fsp3) is 0.263. The Hall–Kier alpha value is -3.22. The average Bonchev–Trinajstić information content (AvgIpc) is 2.82. The topological polar surface area (TPSA) is 85.7 Å². The summed E-state index contributed by atoms with van der Waals surface area (Å²) in [5, 5.41) is 0.517. The van der Waals surface area contributed by atoms with Crippen molar-refractivity contribution in [1.29, 1.82) is 0 Å². The predicted octanol–water partition coefficient (Wildman–Crippen LogP) is 2.00. The Balaban J connectivity index is 1.58. The molecular formula is C19H18N2O5. The SMILES string of the molecule is Cc1cc(=O)cc(C)n1CCCC(=O)ON1C(=O)c2ccccc2C1=O. The van der Waals surface area contributed by atoms with Gasteiger partial charge in [-0.05, 0) is 32.4 Å². The molecule has 0 fully saturated rings. The molecule has 0 saturated heterocycles. The predicted molar refractivity (Wildman–Crippen MR) is 92.4 cm³/mol. The van der Waals surface area contributed by atoms with Crippen LogP contribution in [0.15, 0.2) is 41.2 Å². The highest BCUT2D eigenvalue weighted by atomic mass is 16.7. The van der Waals surface area contributed by atoms with Gasteiger partial charge in [0.25, 0.3) is 11.8 Å². The van der Waals surface area contributed by atoms with Gasteiger partial charge in [-0.2, -0.15) is 0 Å². The van der Waals surface area contributed by atoms with Crippen LogP contribution in [0.4, 0.5) is 0 Å². The number of hydrogen-bond acceptors (Lipinski definition) is 5. The number of hydroxylamine groups is 2. The van der Waals surface area contributed by atoms with Crippen LogP contribution in [0, 0.1) is 13.8 Å². The molecule has 0 N–H and O–H groups in total. The zero-order chi connectivity index (χ0) is 18.8. The lowest BCUT2D eigenvalue weighted by atomic mass is 10.1. The molecule has 7 heteroatoms. The minimum absolute atomic E-state index is 0.0401. The minimum atomic E-state index is -0.657. The molecule has 0 spiro atoms. The van der Waals surface area contributed by atoms with Crippen molar-refractivity contribution in [2.24, 2.45) is 0 Å². The lowest BCUT2D eigenvalue weighted by Gasteiger charge is -2.15. The van der Waals surface area contributed by atoms with Crippen molar-refractivity contribution in [3.05, 3.63) is 69.1 Å². The molecule has 0 bridgehead atoms. The van der Waals surface area contributed by atoms with E-state index in [4.69, 9.17) is 4.84 Å². The van der Waals surface area contributed by atoms with Crippen molar-refractivity contribution in [2.75, 3.05) is 0 Å². The van der Waals surface area contributed by atoms with E-state index in [1.165, 1.54) is 24.3 Å². The van der Waals surface area contributed by atoms with E-state index >= 15 is 0 Å². The summed E-state index contributed by atoms with van der Waals surface area (Å²) in [6.45, 7) is 4.17. The summed E-state index contributed by atoms with van der Waals surface area (Å²) < 4.78 is 1.93. The van der Waals surface area contributed by atoms with Crippen LogP contribution in [0.25, 0.3) is 0 Å². The summed E-state index contributed by atoms with van der Waals surface area (Å²) in [4.78, 5) is 52.7. The van der Waals surface area contributed by atoms with Crippen LogP contribution in [0.1, 0.15) is 44.9 Å². The fourth-order valence-electron chi connectivity index (χ4n) is 3.02. The molecule has 2 amide bonds. The van der Waals surface area contributed by atoms with E-state index in [1.54, 1.807) is 12.1 Å². The fourth-order valence-corrected chi connectivity index (χ4v) is 3.02. The van der Waals surface area contributed by atoms with Crippen LogP contribution >= 0.6 is 0 Å². The highest BCUT2D eigenvalue weighted by Crippen LogP contribution is 2.23. The van der Waals surface area contributed by atoms with E-state index < -0.39 is 17.8 Å². The van der Waals surface area contributed by atoms with Gasteiger partial charge in [0.1, 0.15) is 0 Å². The lowest BCUT2D eigenvalue weighted by molar-refractivity contribution is -0.168. The first kappa shape index (κ1) is 17.6. The van der Waals surface area contributed by atoms with Crippen LogP contribution in [0.2, 0.25) is 0 Å². The van der Waals surface area contributed by atoms with Gasteiger partial charge in [0.15, 0.2) is 5.43 Å². The largest absolute Gasteiger partial charge is 0.349 e. The Morgan fingerprint density at radius 2 is 1.50 bits per heavy atom. The number of aromatic nitrogens is 1. The quantitative estimate of drug-likeness (QED) is 0.767. The van der Waals surface area contributed by atoms with Gasteiger partial charge in [-0.25, -0.2) is 4.79 Å². The number of carbonyl (C=O) groups is 3. The molecule has 0 radical (unpaired) electrons. The van der Waals surface area contributed by atoms with Crippen LogP contribution in [-0.2, 0) is 16.2 Å². The van der Waals surface area contributed by atoms with Gasteiger partial charge in [0, 0.05) is 36.5 Å². The third-order valence-corrected chi connectivity index (χ3v) is 4.27. The number of fused-ring (bicyclic) bond motifs is 1. The molecule has 0 atom stereocenters. The van der Waals surface area contributed by atoms with Gasteiger partial charge in [0.05, 0.1) is 11.1 Å². The van der Waals surface area contributed by atoms with Gasteiger partial charge in [-0.15, -0.1) is 0 Å². The number of imide groups is 1. The molecule has 2 aromatic rings. The summed E-state index contributed by atoms with van der Waals surface area (Å²) in [5.74, 6) is -1.92. The molecule has 0 saturated carbocycles. The Morgan fingerprint density at radius 3 is 2.04 bits per heavy atom. The highest BCUT2D eigenvalue weighted by molar-refractivity contribution is 6.20. The maximum absolute atomic E-state index is 12.2. The maximum atomic E-state index is 12.2. The zero-order valence-corrected chi connectivity index (χ0v) is 14.5.